The zero-order valence-corrected chi connectivity index (χ0v) is 11.5. The normalized spacial score (nSPS) is 10.3. The first-order chi connectivity index (χ1) is 9.47. The van der Waals surface area contributed by atoms with Gasteiger partial charge in [-0.05, 0) is 28.1 Å². The van der Waals surface area contributed by atoms with Crippen LogP contribution in [-0.4, -0.2) is 32.0 Å². The van der Waals surface area contributed by atoms with Crippen LogP contribution in [0, 0.1) is 5.82 Å². The molecule has 0 spiro atoms. The smallest absolute Gasteiger partial charge is 0.358 e. The van der Waals surface area contributed by atoms with Crippen molar-refractivity contribution in [3.63, 3.8) is 0 Å². The van der Waals surface area contributed by atoms with Gasteiger partial charge in [0.1, 0.15) is 12.4 Å². The number of aromatic carboxylic acids is 1. The molecule has 20 heavy (non-hydrogen) atoms. The van der Waals surface area contributed by atoms with Gasteiger partial charge >= 0.3 is 5.97 Å². The Kier molecular flexibility index (Phi) is 4.08. The van der Waals surface area contributed by atoms with Crippen LogP contribution in [0.3, 0.4) is 0 Å². The summed E-state index contributed by atoms with van der Waals surface area (Å²) in [5.74, 6) is -2.39. The molecule has 1 aromatic carbocycles. The highest BCUT2D eigenvalue weighted by atomic mass is 79.9. The van der Waals surface area contributed by atoms with Gasteiger partial charge in [-0.25, -0.2) is 13.9 Å². The van der Waals surface area contributed by atoms with E-state index in [9.17, 15) is 14.0 Å². The SMILES string of the molecule is O=C(Cn1cc(C(=O)O)nn1)Nc1c(F)cccc1Br. The summed E-state index contributed by atoms with van der Waals surface area (Å²) < 4.78 is 15.0. The zero-order valence-electron chi connectivity index (χ0n) is 9.88. The van der Waals surface area contributed by atoms with Crippen molar-refractivity contribution in [1.29, 1.82) is 0 Å². The number of halogens is 2. The Morgan fingerprint density at radius 1 is 1.45 bits per heavy atom. The van der Waals surface area contributed by atoms with Crippen LogP contribution in [0.2, 0.25) is 0 Å². The minimum Gasteiger partial charge on any atom is -0.476 e. The van der Waals surface area contributed by atoms with Crippen LogP contribution < -0.4 is 5.32 Å². The van der Waals surface area contributed by atoms with Gasteiger partial charge in [0.2, 0.25) is 5.91 Å². The molecule has 2 rings (SSSR count). The molecule has 1 amide bonds. The third kappa shape index (κ3) is 3.18. The summed E-state index contributed by atoms with van der Waals surface area (Å²) in [4.78, 5) is 22.3. The van der Waals surface area contributed by atoms with E-state index in [0.717, 1.165) is 10.9 Å². The summed E-state index contributed by atoms with van der Waals surface area (Å²) in [6.45, 7) is -0.277. The average Bonchev–Trinajstić information content (AvgIpc) is 2.82. The van der Waals surface area contributed by atoms with E-state index in [1.165, 1.54) is 12.1 Å². The summed E-state index contributed by atoms with van der Waals surface area (Å²) in [7, 11) is 0. The molecule has 0 unspecified atom stereocenters. The number of benzene rings is 1. The Labute approximate surface area is 120 Å². The van der Waals surface area contributed by atoms with Gasteiger partial charge in [0.15, 0.2) is 5.69 Å². The van der Waals surface area contributed by atoms with Crippen LogP contribution >= 0.6 is 15.9 Å². The van der Waals surface area contributed by atoms with Crippen LogP contribution in [0.1, 0.15) is 10.5 Å². The molecule has 2 aromatic rings. The second-order valence-corrected chi connectivity index (χ2v) is 4.61. The summed E-state index contributed by atoms with van der Waals surface area (Å²) in [6, 6.07) is 4.28. The fourth-order valence-electron chi connectivity index (χ4n) is 1.42. The molecule has 0 saturated carbocycles. The first kappa shape index (κ1) is 14.1. The number of amides is 1. The van der Waals surface area contributed by atoms with Gasteiger partial charge in [0.05, 0.1) is 11.9 Å². The molecule has 0 radical (unpaired) electrons. The minimum absolute atomic E-state index is 0.0103. The largest absolute Gasteiger partial charge is 0.476 e. The fraction of sp³-hybridized carbons (Fsp3) is 0.0909. The van der Waals surface area contributed by atoms with Crippen LogP contribution in [0.5, 0.6) is 0 Å². The first-order valence-corrected chi connectivity index (χ1v) is 6.14. The second kappa shape index (κ2) is 5.78. The quantitative estimate of drug-likeness (QED) is 0.877. The Balaban J connectivity index is 2.07. The number of carboxylic acid groups (broad SMARTS) is 1. The second-order valence-electron chi connectivity index (χ2n) is 3.75. The maximum Gasteiger partial charge on any atom is 0.358 e. The molecule has 9 heteroatoms. The summed E-state index contributed by atoms with van der Waals surface area (Å²) >= 11 is 3.12. The van der Waals surface area contributed by atoms with E-state index >= 15 is 0 Å². The van der Waals surface area contributed by atoms with Crippen molar-refractivity contribution in [1.82, 2.24) is 15.0 Å². The summed E-state index contributed by atoms with van der Waals surface area (Å²) in [5.41, 5.74) is -0.263. The lowest BCUT2D eigenvalue weighted by atomic mass is 10.3. The predicted molar refractivity (Wildman–Crippen MR) is 69.7 cm³/mol. The molecule has 1 aromatic heterocycles. The number of carbonyl (C=O) groups is 2. The molecule has 0 aliphatic carbocycles. The lowest BCUT2D eigenvalue weighted by molar-refractivity contribution is -0.117. The van der Waals surface area contributed by atoms with Gasteiger partial charge in [-0.1, -0.05) is 11.3 Å². The van der Waals surface area contributed by atoms with Gasteiger partial charge in [0, 0.05) is 4.47 Å². The molecule has 0 aliphatic heterocycles. The van der Waals surface area contributed by atoms with E-state index in [-0.39, 0.29) is 17.9 Å². The summed E-state index contributed by atoms with van der Waals surface area (Å²) in [6.07, 6.45) is 1.11. The van der Waals surface area contributed by atoms with Crippen LogP contribution in [0.15, 0.2) is 28.9 Å². The lowest BCUT2D eigenvalue weighted by Gasteiger charge is -2.08. The molecule has 0 aliphatic rings. The zero-order chi connectivity index (χ0) is 14.7. The standard InChI is InChI=1S/C11H8BrFN4O3/c12-6-2-1-3-7(13)10(6)14-9(18)5-17-4-8(11(19)20)15-16-17/h1-4H,5H2,(H,14,18)(H,19,20). The maximum absolute atomic E-state index is 13.5. The average molecular weight is 343 g/mol. The number of anilines is 1. The molecule has 0 bridgehead atoms. The van der Waals surface area contributed by atoms with Crippen LogP contribution in [0.4, 0.5) is 10.1 Å². The number of carboxylic acids is 1. The van der Waals surface area contributed by atoms with Gasteiger partial charge < -0.3 is 10.4 Å². The molecule has 0 fully saturated rings. The molecule has 1 heterocycles. The van der Waals surface area contributed by atoms with Crippen molar-refractivity contribution >= 4 is 33.5 Å². The van der Waals surface area contributed by atoms with Crippen molar-refractivity contribution in [2.24, 2.45) is 0 Å². The molecule has 0 atom stereocenters. The Morgan fingerprint density at radius 3 is 2.80 bits per heavy atom. The summed E-state index contributed by atoms with van der Waals surface area (Å²) in [5, 5.41) is 17.9. The van der Waals surface area contributed by atoms with Gasteiger partial charge in [-0.3, -0.25) is 4.79 Å². The third-order valence-corrected chi connectivity index (χ3v) is 2.95. The Morgan fingerprint density at radius 2 is 2.20 bits per heavy atom. The molecule has 7 nitrogen and oxygen atoms in total. The highest BCUT2D eigenvalue weighted by molar-refractivity contribution is 9.10. The van der Waals surface area contributed by atoms with Gasteiger partial charge in [-0.15, -0.1) is 5.10 Å². The van der Waals surface area contributed by atoms with E-state index in [2.05, 4.69) is 31.6 Å². The predicted octanol–water partition coefficient (Wildman–Crippen LogP) is 1.52. The number of aromatic nitrogens is 3. The molecular formula is C11H8BrFN4O3. The van der Waals surface area contributed by atoms with Crippen molar-refractivity contribution in [2.45, 2.75) is 6.54 Å². The number of nitrogens with zero attached hydrogens (tertiary/aromatic N) is 3. The molecule has 104 valence electrons. The van der Waals surface area contributed by atoms with Crippen molar-refractivity contribution < 1.29 is 19.1 Å². The van der Waals surface area contributed by atoms with Gasteiger partial charge in [0.25, 0.3) is 0 Å². The Bertz CT molecular complexity index is 653. The van der Waals surface area contributed by atoms with E-state index < -0.39 is 17.7 Å². The topological polar surface area (TPSA) is 97.1 Å². The molecule has 2 N–H and O–H groups in total. The van der Waals surface area contributed by atoms with E-state index in [1.54, 1.807) is 6.07 Å². The number of carbonyl (C=O) groups excluding carboxylic acids is 1. The first-order valence-electron chi connectivity index (χ1n) is 5.34. The monoisotopic (exact) mass is 342 g/mol. The van der Waals surface area contributed by atoms with E-state index in [0.29, 0.717) is 4.47 Å². The lowest BCUT2D eigenvalue weighted by Crippen LogP contribution is -2.20. The van der Waals surface area contributed by atoms with Crippen LogP contribution in [0.25, 0.3) is 0 Å². The van der Waals surface area contributed by atoms with Crippen molar-refractivity contribution in [2.75, 3.05) is 5.32 Å². The minimum atomic E-state index is -1.24. The number of hydrogen-bond donors (Lipinski definition) is 2. The van der Waals surface area contributed by atoms with E-state index in [4.69, 9.17) is 5.11 Å². The Hall–Kier alpha value is -2.29. The van der Waals surface area contributed by atoms with Crippen LogP contribution in [-0.2, 0) is 11.3 Å². The van der Waals surface area contributed by atoms with E-state index in [1.807, 2.05) is 0 Å². The number of hydrogen-bond acceptors (Lipinski definition) is 4. The number of rotatable bonds is 4. The molecule has 0 saturated heterocycles. The number of nitrogens with one attached hydrogen (secondary N) is 1. The van der Waals surface area contributed by atoms with Crippen molar-refractivity contribution in [3.8, 4) is 0 Å². The fourth-order valence-corrected chi connectivity index (χ4v) is 1.86. The highest BCUT2D eigenvalue weighted by Gasteiger charge is 2.13. The van der Waals surface area contributed by atoms with Gasteiger partial charge in [-0.2, -0.15) is 0 Å². The highest BCUT2D eigenvalue weighted by Crippen LogP contribution is 2.24. The third-order valence-electron chi connectivity index (χ3n) is 2.29. The van der Waals surface area contributed by atoms with Crippen molar-refractivity contribution in [3.05, 3.63) is 40.4 Å². The molecular weight excluding hydrogens is 335 g/mol. The maximum atomic E-state index is 13.5. The number of para-hydroxylation sites is 1.